The van der Waals surface area contributed by atoms with Crippen LogP contribution in [0, 0.1) is 15.9 Å². The molecule has 1 amide bonds. The predicted octanol–water partition coefficient (Wildman–Crippen LogP) is 2.24. The number of carbonyl (C=O) groups is 1. The number of para-hydroxylation sites is 1. The maximum atomic E-state index is 12.9. The fourth-order valence-electron chi connectivity index (χ4n) is 2.19. The number of rotatable bonds is 5. The summed E-state index contributed by atoms with van der Waals surface area (Å²) in [6.07, 6.45) is 1.39. The van der Waals surface area contributed by atoms with Crippen molar-refractivity contribution < 1.29 is 14.1 Å². The minimum atomic E-state index is -0.522. The highest BCUT2D eigenvalue weighted by molar-refractivity contribution is 5.91. The van der Waals surface area contributed by atoms with Crippen molar-refractivity contribution in [1.29, 1.82) is 0 Å². The molecule has 8 nitrogen and oxygen atoms in total. The molecule has 9 heteroatoms. The molecule has 126 valence electrons. The van der Waals surface area contributed by atoms with Gasteiger partial charge in [0.15, 0.2) is 5.69 Å². The Morgan fingerprint density at radius 3 is 2.64 bits per heavy atom. The van der Waals surface area contributed by atoms with Crippen LogP contribution in [0.1, 0.15) is 16.1 Å². The lowest BCUT2D eigenvalue weighted by Crippen LogP contribution is -2.23. The Hall–Kier alpha value is -3.62. The van der Waals surface area contributed by atoms with Crippen LogP contribution >= 0.6 is 0 Å². The Labute approximate surface area is 141 Å². The van der Waals surface area contributed by atoms with E-state index in [0.29, 0.717) is 11.3 Å². The zero-order valence-corrected chi connectivity index (χ0v) is 12.8. The number of amides is 1. The molecule has 1 aromatic heterocycles. The Balaban J connectivity index is 1.70. The first-order valence-electron chi connectivity index (χ1n) is 7.23. The average Bonchev–Trinajstić information content (AvgIpc) is 3.10. The van der Waals surface area contributed by atoms with Gasteiger partial charge < -0.3 is 5.32 Å². The summed E-state index contributed by atoms with van der Waals surface area (Å²) in [5, 5.41) is 21.1. The van der Waals surface area contributed by atoms with E-state index in [0.717, 1.165) is 0 Å². The summed E-state index contributed by atoms with van der Waals surface area (Å²) in [4.78, 5) is 22.6. The van der Waals surface area contributed by atoms with Crippen LogP contribution < -0.4 is 5.32 Å². The van der Waals surface area contributed by atoms with Gasteiger partial charge in [-0.05, 0) is 24.3 Å². The number of hydrogen-bond donors (Lipinski definition) is 1. The second-order valence-electron chi connectivity index (χ2n) is 5.09. The number of nitrogens with zero attached hydrogens (tertiary/aromatic N) is 4. The van der Waals surface area contributed by atoms with Crippen molar-refractivity contribution in [2.45, 2.75) is 6.54 Å². The summed E-state index contributed by atoms with van der Waals surface area (Å²) in [6, 6.07) is 11.7. The molecule has 1 heterocycles. The lowest BCUT2D eigenvalue weighted by Gasteiger charge is -2.04. The largest absolute Gasteiger partial charge is 0.346 e. The van der Waals surface area contributed by atoms with Crippen molar-refractivity contribution >= 4 is 11.6 Å². The Morgan fingerprint density at radius 2 is 1.92 bits per heavy atom. The first-order chi connectivity index (χ1) is 12.0. The Bertz CT molecular complexity index is 924. The fourth-order valence-corrected chi connectivity index (χ4v) is 2.19. The number of nitrogens with one attached hydrogen (secondary N) is 1. The minimum Gasteiger partial charge on any atom is -0.346 e. The molecule has 0 fully saturated rings. The van der Waals surface area contributed by atoms with Gasteiger partial charge in [0.25, 0.3) is 11.6 Å². The summed E-state index contributed by atoms with van der Waals surface area (Å²) in [7, 11) is 0. The number of benzene rings is 2. The van der Waals surface area contributed by atoms with E-state index in [-0.39, 0.29) is 23.7 Å². The molecule has 0 aliphatic rings. The van der Waals surface area contributed by atoms with Gasteiger partial charge in [-0.1, -0.05) is 23.4 Å². The third-order valence-electron chi connectivity index (χ3n) is 3.44. The van der Waals surface area contributed by atoms with Gasteiger partial charge in [-0.25, -0.2) is 9.07 Å². The molecule has 0 unspecified atom stereocenters. The molecular formula is C16H12FN5O3. The molecule has 1 N–H and O–H groups in total. The van der Waals surface area contributed by atoms with E-state index in [1.807, 2.05) is 0 Å². The zero-order valence-electron chi connectivity index (χ0n) is 12.8. The number of hydrogen-bond acceptors (Lipinski definition) is 5. The maximum Gasteiger partial charge on any atom is 0.274 e. The van der Waals surface area contributed by atoms with E-state index >= 15 is 0 Å². The van der Waals surface area contributed by atoms with Gasteiger partial charge in [0.05, 0.1) is 16.8 Å². The lowest BCUT2D eigenvalue weighted by molar-refractivity contribution is -0.385. The molecule has 0 aliphatic carbocycles. The number of aromatic nitrogens is 3. The molecule has 3 rings (SSSR count). The molecule has 0 radical (unpaired) electrons. The Kier molecular flexibility index (Phi) is 4.46. The van der Waals surface area contributed by atoms with Gasteiger partial charge in [-0.15, -0.1) is 5.10 Å². The SMILES string of the molecule is O=C(NCc1ccccc1[N+](=O)[O-])c1cn(-c2ccc(F)cc2)nn1. The Morgan fingerprint density at radius 1 is 1.20 bits per heavy atom. The number of halogens is 1. The van der Waals surface area contributed by atoms with E-state index in [1.54, 1.807) is 18.2 Å². The summed E-state index contributed by atoms with van der Waals surface area (Å²) < 4.78 is 14.3. The number of nitro benzene ring substituents is 1. The van der Waals surface area contributed by atoms with Gasteiger partial charge in [0.1, 0.15) is 5.82 Å². The highest BCUT2D eigenvalue weighted by Gasteiger charge is 2.15. The zero-order chi connectivity index (χ0) is 17.8. The quantitative estimate of drug-likeness (QED) is 0.566. The minimum absolute atomic E-state index is 0.0145. The van der Waals surface area contributed by atoms with Crippen molar-refractivity contribution in [1.82, 2.24) is 20.3 Å². The molecule has 2 aromatic carbocycles. The highest BCUT2D eigenvalue weighted by atomic mass is 19.1. The standard InChI is InChI=1S/C16H12FN5O3/c17-12-5-7-13(8-6-12)21-10-14(19-20-21)16(23)18-9-11-3-1-2-4-15(11)22(24)25/h1-8,10H,9H2,(H,18,23). The third kappa shape index (κ3) is 3.66. The molecule has 0 saturated heterocycles. The van der Waals surface area contributed by atoms with Crippen LogP contribution in [0.3, 0.4) is 0 Å². The van der Waals surface area contributed by atoms with Gasteiger partial charge in [0.2, 0.25) is 0 Å². The van der Waals surface area contributed by atoms with Crippen LogP contribution in [-0.2, 0) is 6.54 Å². The highest BCUT2D eigenvalue weighted by Crippen LogP contribution is 2.17. The van der Waals surface area contributed by atoms with Crippen LogP contribution in [0.15, 0.2) is 54.7 Å². The van der Waals surface area contributed by atoms with Crippen molar-refractivity contribution in [2.24, 2.45) is 0 Å². The maximum absolute atomic E-state index is 12.9. The van der Waals surface area contributed by atoms with Crippen LogP contribution in [0.5, 0.6) is 0 Å². The second-order valence-corrected chi connectivity index (χ2v) is 5.09. The smallest absolute Gasteiger partial charge is 0.274 e. The normalized spacial score (nSPS) is 10.4. The lowest BCUT2D eigenvalue weighted by atomic mass is 10.2. The topological polar surface area (TPSA) is 103 Å². The van der Waals surface area contributed by atoms with E-state index in [2.05, 4.69) is 15.6 Å². The van der Waals surface area contributed by atoms with Gasteiger partial charge in [0, 0.05) is 18.2 Å². The molecular weight excluding hydrogens is 329 g/mol. The fraction of sp³-hybridized carbons (Fsp3) is 0.0625. The van der Waals surface area contributed by atoms with Crippen molar-refractivity contribution in [3.8, 4) is 5.69 Å². The van der Waals surface area contributed by atoms with Crippen molar-refractivity contribution in [3.63, 3.8) is 0 Å². The van der Waals surface area contributed by atoms with E-state index < -0.39 is 10.8 Å². The van der Waals surface area contributed by atoms with Gasteiger partial charge >= 0.3 is 0 Å². The van der Waals surface area contributed by atoms with Gasteiger partial charge in [-0.3, -0.25) is 14.9 Å². The van der Waals surface area contributed by atoms with E-state index in [9.17, 15) is 19.3 Å². The summed E-state index contributed by atoms with van der Waals surface area (Å²) >= 11 is 0. The van der Waals surface area contributed by atoms with E-state index in [1.165, 1.54) is 41.2 Å². The second kappa shape index (κ2) is 6.87. The van der Waals surface area contributed by atoms with Crippen molar-refractivity contribution in [2.75, 3.05) is 0 Å². The van der Waals surface area contributed by atoms with E-state index in [4.69, 9.17) is 0 Å². The predicted molar refractivity (Wildman–Crippen MR) is 85.6 cm³/mol. The van der Waals surface area contributed by atoms with Crippen molar-refractivity contribution in [3.05, 3.63) is 81.9 Å². The molecule has 0 spiro atoms. The average molecular weight is 341 g/mol. The molecule has 25 heavy (non-hydrogen) atoms. The molecule has 0 aliphatic heterocycles. The summed E-state index contributed by atoms with van der Waals surface area (Å²) in [5.74, 6) is -0.905. The van der Waals surface area contributed by atoms with Crippen LogP contribution in [0.25, 0.3) is 5.69 Å². The van der Waals surface area contributed by atoms with Crippen LogP contribution in [0.2, 0.25) is 0 Å². The molecule has 0 saturated carbocycles. The number of nitro groups is 1. The first-order valence-corrected chi connectivity index (χ1v) is 7.23. The van der Waals surface area contributed by atoms with Gasteiger partial charge in [-0.2, -0.15) is 0 Å². The van der Waals surface area contributed by atoms with Crippen LogP contribution in [0.4, 0.5) is 10.1 Å². The molecule has 0 bridgehead atoms. The number of carbonyl (C=O) groups excluding carboxylic acids is 1. The molecule has 0 atom stereocenters. The summed E-state index contributed by atoms with van der Waals surface area (Å²) in [5.41, 5.74) is 0.902. The summed E-state index contributed by atoms with van der Waals surface area (Å²) in [6.45, 7) is -0.0145. The molecule has 3 aromatic rings. The monoisotopic (exact) mass is 341 g/mol. The van der Waals surface area contributed by atoms with Crippen LogP contribution in [-0.4, -0.2) is 25.8 Å². The first kappa shape index (κ1) is 16.2. The third-order valence-corrected chi connectivity index (χ3v) is 3.44.